The molecule has 0 spiro atoms. The lowest BCUT2D eigenvalue weighted by atomic mass is 10.2. The van der Waals surface area contributed by atoms with Gasteiger partial charge in [0.15, 0.2) is 0 Å². The molecule has 0 N–H and O–H groups in total. The summed E-state index contributed by atoms with van der Waals surface area (Å²) in [6.45, 7) is 6.68. The van der Waals surface area contributed by atoms with Gasteiger partial charge in [0.05, 0.1) is 23.6 Å². The lowest BCUT2D eigenvalue weighted by molar-refractivity contribution is -0.0721. The van der Waals surface area contributed by atoms with Crippen LogP contribution < -0.4 is 0 Å². The van der Waals surface area contributed by atoms with Crippen molar-refractivity contribution in [3.8, 4) is 10.8 Å². The Kier molecular flexibility index (Phi) is 3.63. The molecular formula is C13H17N3O2S. The van der Waals surface area contributed by atoms with E-state index < -0.39 is 0 Å². The fourth-order valence-electron chi connectivity index (χ4n) is 2.42. The number of hydrogen-bond acceptors (Lipinski definition) is 6. The molecule has 2 aromatic rings. The van der Waals surface area contributed by atoms with Crippen molar-refractivity contribution in [3.05, 3.63) is 23.4 Å². The van der Waals surface area contributed by atoms with E-state index in [1.807, 2.05) is 17.5 Å². The third kappa shape index (κ3) is 3.02. The predicted octanol–water partition coefficient (Wildman–Crippen LogP) is 2.41. The van der Waals surface area contributed by atoms with Crippen LogP contribution in [0.15, 0.2) is 21.9 Å². The molecule has 1 saturated heterocycles. The van der Waals surface area contributed by atoms with Crippen molar-refractivity contribution in [3.63, 3.8) is 0 Å². The zero-order valence-electron chi connectivity index (χ0n) is 11.1. The van der Waals surface area contributed by atoms with Gasteiger partial charge in [-0.05, 0) is 25.3 Å². The van der Waals surface area contributed by atoms with Crippen molar-refractivity contribution in [2.75, 3.05) is 13.1 Å². The number of rotatable bonds is 3. The Morgan fingerprint density at radius 3 is 2.79 bits per heavy atom. The highest BCUT2D eigenvalue weighted by atomic mass is 32.1. The van der Waals surface area contributed by atoms with Crippen molar-refractivity contribution in [1.29, 1.82) is 0 Å². The molecule has 0 aliphatic carbocycles. The quantitative estimate of drug-likeness (QED) is 0.863. The fraction of sp³-hybridized carbons (Fsp3) is 0.538. The molecule has 0 bridgehead atoms. The van der Waals surface area contributed by atoms with Gasteiger partial charge in [-0.25, -0.2) is 0 Å². The second kappa shape index (κ2) is 5.40. The highest BCUT2D eigenvalue weighted by molar-refractivity contribution is 7.13. The SMILES string of the molecule is CC1CN(Cc2nnc(-c3cccs3)o2)CC(C)O1. The van der Waals surface area contributed by atoms with Crippen LogP contribution >= 0.6 is 11.3 Å². The second-order valence-corrected chi connectivity index (χ2v) is 5.88. The number of hydrogen-bond donors (Lipinski definition) is 0. The lowest BCUT2D eigenvalue weighted by Gasteiger charge is -2.34. The molecule has 0 radical (unpaired) electrons. The van der Waals surface area contributed by atoms with Gasteiger partial charge >= 0.3 is 0 Å². The minimum atomic E-state index is 0.253. The van der Waals surface area contributed by atoms with Crippen LogP contribution in [0.25, 0.3) is 10.8 Å². The molecule has 1 fully saturated rings. The molecule has 102 valence electrons. The van der Waals surface area contributed by atoms with Crippen LogP contribution in [-0.2, 0) is 11.3 Å². The molecule has 3 heterocycles. The summed E-state index contributed by atoms with van der Waals surface area (Å²) in [5.41, 5.74) is 0. The van der Waals surface area contributed by atoms with E-state index in [1.54, 1.807) is 11.3 Å². The molecule has 2 unspecified atom stereocenters. The molecule has 3 rings (SSSR count). The van der Waals surface area contributed by atoms with E-state index >= 15 is 0 Å². The fourth-order valence-corrected chi connectivity index (χ4v) is 3.07. The van der Waals surface area contributed by atoms with E-state index in [0.29, 0.717) is 18.3 Å². The minimum Gasteiger partial charge on any atom is -0.419 e. The average Bonchev–Trinajstić information content (AvgIpc) is 2.96. The summed E-state index contributed by atoms with van der Waals surface area (Å²) in [5, 5.41) is 10.2. The monoisotopic (exact) mass is 279 g/mol. The van der Waals surface area contributed by atoms with Gasteiger partial charge in [-0.3, -0.25) is 4.90 Å². The number of ether oxygens (including phenoxy) is 1. The number of aromatic nitrogens is 2. The first-order valence-corrected chi connectivity index (χ1v) is 7.33. The summed E-state index contributed by atoms with van der Waals surface area (Å²) in [7, 11) is 0. The second-order valence-electron chi connectivity index (χ2n) is 4.93. The molecular weight excluding hydrogens is 262 g/mol. The van der Waals surface area contributed by atoms with Gasteiger partial charge in [-0.1, -0.05) is 6.07 Å². The Labute approximate surface area is 116 Å². The molecule has 0 aromatic carbocycles. The van der Waals surface area contributed by atoms with E-state index in [1.165, 1.54) is 0 Å². The van der Waals surface area contributed by atoms with Gasteiger partial charge in [-0.15, -0.1) is 21.5 Å². The normalized spacial score (nSPS) is 24.7. The predicted molar refractivity (Wildman–Crippen MR) is 72.9 cm³/mol. The maximum atomic E-state index is 5.71. The standard InChI is InChI=1S/C13H17N3O2S/c1-9-6-16(7-10(2)17-9)8-12-14-15-13(18-12)11-4-3-5-19-11/h3-5,9-10H,6-8H2,1-2H3. The summed E-state index contributed by atoms with van der Waals surface area (Å²) in [6.07, 6.45) is 0.506. The highest BCUT2D eigenvalue weighted by Gasteiger charge is 2.23. The number of morpholine rings is 1. The van der Waals surface area contributed by atoms with Gasteiger partial charge < -0.3 is 9.15 Å². The van der Waals surface area contributed by atoms with Gasteiger partial charge in [0.25, 0.3) is 5.89 Å². The first-order chi connectivity index (χ1) is 9.20. The van der Waals surface area contributed by atoms with Gasteiger partial charge in [0.2, 0.25) is 5.89 Å². The van der Waals surface area contributed by atoms with Crippen LogP contribution in [0.1, 0.15) is 19.7 Å². The first-order valence-electron chi connectivity index (χ1n) is 6.45. The molecule has 19 heavy (non-hydrogen) atoms. The van der Waals surface area contributed by atoms with Crippen LogP contribution in [0.2, 0.25) is 0 Å². The summed E-state index contributed by atoms with van der Waals surface area (Å²) >= 11 is 1.61. The zero-order chi connectivity index (χ0) is 13.2. The Morgan fingerprint density at radius 2 is 2.11 bits per heavy atom. The Hall–Kier alpha value is -1.24. The number of thiophene rings is 1. The van der Waals surface area contributed by atoms with Crippen molar-refractivity contribution >= 4 is 11.3 Å². The maximum absolute atomic E-state index is 5.71. The van der Waals surface area contributed by atoms with E-state index in [-0.39, 0.29) is 12.2 Å². The average molecular weight is 279 g/mol. The van der Waals surface area contributed by atoms with Gasteiger partial charge in [0, 0.05) is 13.1 Å². The highest BCUT2D eigenvalue weighted by Crippen LogP contribution is 2.23. The largest absolute Gasteiger partial charge is 0.419 e. The van der Waals surface area contributed by atoms with E-state index in [2.05, 4.69) is 28.9 Å². The van der Waals surface area contributed by atoms with Crippen molar-refractivity contribution < 1.29 is 9.15 Å². The first kappa shape index (κ1) is 12.8. The molecule has 6 heteroatoms. The van der Waals surface area contributed by atoms with Crippen LogP contribution in [0.4, 0.5) is 0 Å². The molecule has 1 aliphatic rings. The van der Waals surface area contributed by atoms with Crippen molar-refractivity contribution in [1.82, 2.24) is 15.1 Å². The van der Waals surface area contributed by atoms with Gasteiger partial charge in [-0.2, -0.15) is 0 Å². The van der Waals surface area contributed by atoms with Crippen molar-refractivity contribution in [2.24, 2.45) is 0 Å². The Balaban J connectivity index is 1.67. The summed E-state index contributed by atoms with van der Waals surface area (Å²) in [6, 6.07) is 3.97. The molecule has 2 aromatic heterocycles. The minimum absolute atomic E-state index is 0.253. The molecule has 0 amide bonds. The van der Waals surface area contributed by atoms with Crippen LogP contribution in [-0.4, -0.2) is 40.4 Å². The molecule has 0 saturated carbocycles. The molecule has 1 aliphatic heterocycles. The number of nitrogens with zero attached hydrogens (tertiary/aromatic N) is 3. The topological polar surface area (TPSA) is 51.4 Å². The summed E-state index contributed by atoms with van der Waals surface area (Å²) in [5.74, 6) is 1.28. The zero-order valence-corrected chi connectivity index (χ0v) is 11.9. The summed E-state index contributed by atoms with van der Waals surface area (Å²) in [4.78, 5) is 3.31. The molecule has 2 atom stereocenters. The van der Waals surface area contributed by atoms with Crippen LogP contribution in [0.3, 0.4) is 0 Å². The van der Waals surface area contributed by atoms with E-state index in [9.17, 15) is 0 Å². The van der Waals surface area contributed by atoms with E-state index in [4.69, 9.17) is 9.15 Å². The third-order valence-electron chi connectivity index (χ3n) is 3.05. The van der Waals surface area contributed by atoms with Crippen molar-refractivity contribution in [2.45, 2.75) is 32.6 Å². The Bertz CT molecular complexity index is 516. The molecule has 5 nitrogen and oxygen atoms in total. The van der Waals surface area contributed by atoms with Crippen LogP contribution in [0, 0.1) is 0 Å². The lowest BCUT2D eigenvalue weighted by Crippen LogP contribution is -2.44. The maximum Gasteiger partial charge on any atom is 0.257 e. The Morgan fingerprint density at radius 1 is 1.32 bits per heavy atom. The van der Waals surface area contributed by atoms with E-state index in [0.717, 1.165) is 18.0 Å². The third-order valence-corrected chi connectivity index (χ3v) is 3.91. The summed E-state index contributed by atoms with van der Waals surface area (Å²) < 4.78 is 11.4. The van der Waals surface area contributed by atoms with Crippen LogP contribution in [0.5, 0.6) is 0 Å². The smallest absolute Gasteiger partial charge is 0.257 e. The van der Waals surface area contributed by atoms with Gasteiger partial charge in [0.1, 0.15) is 0 Å².